The van der Waals surface area contributed by atoms with Crippen LogP contribution in [0.3, 0.4) is 0 Å². The number of hydrogen-bond donors (Lipinski definition) is 1. The van der Waals surface area contributed by atoms with E-state index in [0.29, 0.717) is 6.54 Å². The van der Waals surface area contributed by atoms with Crippen molar-refractivity contribution >= 4 is 6.09 Å². The van der Waals surface area contributed by atoms with Gasteiger partial charge in [-0.1, -0.05) is 114 Å². The van der Waals surface area contributed by atoms with Crippen molar-refractivity contribution in [3.8, 4) is 0 Å². The van der Waals surface area contributed by atoms with E-state index in [-0.39, 0.29) is 18.7 Å². The van der Waals surface area contributed by atoms with Crippen molar-refractivity contribution in [2.75, 3.05) is 6.54 Å². The number of benzene rings is 1. The van der Waals surface area contributed by atoms with E-state index in [1.54, 1.807) is 4.90 Å². The first-order valence-corrected chi connectivity index (χ1v) is 12.5. The number of aliphatic hydroxyl groups excluding tert-OH is 1. The number of rotatable bonds is 15. The Morgan fingerprint density at radius 1 is 1.00 bits per heavy atom. The van der Waals surface area contributed by atoms with E-state index >= 15 is 0 Å². The lowest BCUT2D eigenvalue weighted by Gasteiger charge is -2.22. The van der Waals surface area contributed by atoms with Gasteiger partial charge in [0.1, 0.15) is 6.61 Å². The van der Waals surface area contributed by atoms with Gasteiger partial charge in [0.2, 0.25) is 0 Å². The van der Waals surface area contributed by atoms with Gasteiger partial charge in [0.25, 0.3) is 0 Å². The lowest BCUT2D eigenvalue weighted by Crippen LogP contribution is -2.35. The van der Waals surface area contributed by atoms with Crippen molar-refractivity contribution in [2.45, 2.75) is 110 Å². The van der Waals surface area contributed by atoms with Crippen LogP contribution in [0.2, 0.25) is 0 Å². The average molecular weight is 430 g/mol. The Hall–Kier alpha value is -1.81. The summed E-state index contributed by atoms with van der Waals surface area (Å²) in [6.07, 6.45) is 16.4. The third-order valence-electron chi connectivity index (χ3n) is 6.25. The minimum atomic E-state index is -0.451. The second-order valence-electron chi connectivity index (χ2n) is 8.99. The van der Waals surface area contributed by atoms with Crippen LogP contribution in [-0.4, -0.2) is 34.8 Å². The molecule has 0 radical (unpaired) electrons. The summed E-state index contributed by atoms with van der Waals surface area (Å²) in [6.45, 7) is 4.98. The Labute approximate surface area is 189 Å². The number of ether oxygens (including phenoxy) is 1. The monoisotopic (exact) mass is 429 g/mol. The van der Waals surface area contributed by atoms with Gasteiger partial charge in [-0.2, -0.15) is 0 Å². The van der Waals surface area contributed by atoms with Crippen LogP contribution < -0.4 is 0 Å². The highest BCUT2D eigenvalue weighted by atomic mass is 16.6. The SMILES string of the molecule is CCCCCCCCCCCCC[C@@H](O)C1=C[C@H](C)N(C(=O)OCc2ccccc2)C1. The largest absolute Gasteiger partial charge is 0.445 e. The van der Waals surface area contributed by atoms with Gasteiger partial charge in [0.05, 0.1) is 12.1 Å². The molecule has 2 rings (SSSR count). The Bertz CT molecular complexity index is 643. The van der Waals surface area contributed by atoms with Crippen LogP contribution in [0.15, 0.2) is 42.0 Å². The molecule has 1 heterocycles. The molecule has 0 bridgehead atoms. The molecule has 2 atom stereocenters. The maximum absolute atomic E-state index is 12.4. The highest BCUT2D eigenvalue weighted by Gasteiger charge is 2.29. The van der Waals surface area contributed by atoms with E-state index in [0.717, 1.165) is 24.0 Å². The number of hydrogen-bond acceptors (Lipinski definition) is 3. The average Bonchev–Trinajstić information content (AvgIpc) is 3.18. The molecule has 4 nitrogen and oxygen atoms in total. The fourth-order valence-corrected chi connectivity index (χ4v) is 4.23. The van der Waals surface area contributed by atoms with Crippen LogP contribution in [0.25, 0.3) is 0 Å². The lowest BCUT2D eigenvalue weighted by atomic mass is 10.0. The number of unbranched alkanes of at least 4 members (excludes halogenated alkanes) is 10. The molecule has 0 unspecified atom stereocenters. The summed E-state index contributed by atoms with van der Waals surface area (Å²) in [4.78, 5) is 14.1. The van der Waals surface area contributed by atoms with Gasteiger partial charge in [0, 0.05) is 6.54 Å². The summed E-state index contributed by atoms with van der Waals surface area (Å²) in [5.41, 5.74) is 1.93. The first-order valence-electron chi connectivity index (χ1n) is 12.5. The molecule has 31 heavy (non-hydrogen) atoms. The van der Waals surface area contributed by atoms with Crippen LogP contribution >= 0.6 is 0 Å². The number of nitrogens with zero attached hydrogens (tertiary/aromatic N) is 1. The van der Waals surface area contributed by atoms with Gasteiger partial charge in [-0.05, 0) is 24.5 Å². The van der Waals surface area contributed by atoms with E-state index in [1.807, 2.05) is 43.3 Å². The number of carbonyl (C=O) groups is 1. The maximum atomic E-state index is 12.4. The highest BCUT2D eigenvalue weighted by Crippen LogP contribution is 2.23. The smallest absolute Gasteiger partial charge is 0.410 e. The molecular weight excluding hydrogens is 386 g/mol. The van der Waals surface area contributed by atoms with Gasteiger partial charge in [-0.15, -0.1) is 0 Å². The number of carbonyl (C=O) groups excluding carboxylic acids is 1. The van der Waals surface area contributed by atoms with Gasteiger partial charge >= 0.3 is 6.09 Å². The highest BCUT2D eigenvalue weighted by molar-refractivity contribution is 5.69. The molecule has 1 aromatic carbocycles. The second kappa shape index (κ2) is 15.1. The molecule has 1 amide bonds. The van der Waals surface area contributed by atoms with E-state index in [9.17, 15) is 9.90 Å². The van der Waals surface area contributed by atoms with E-state index < -0.39 is 6.10 Å². The van der Waals surface area contributed by atoms with Crippen molar-refractivity contribution in [2.24, 2.45) is 0 Å². The third kappa shape index (κ3) is 9.90. The molecule has 0 saturated heterocycles. The predicted octanol–water partition coefficient (Wildman–Crippen LogP) is 7.02. The molecule has 0 aromatic heterocycles. The van der Waals surface area contributed by atoms with Crippen LogP contribution in [0.5, 0.6) is 0 Å². The lowest BCUT2D eigenvalue weighted by molar-refractivity contribution is 0.0947. The van der Waals surface area contributed by atoms with Gasteiger partial charge in [-0.3, -0.25) is 4.90 Å². The summed E-state index contributed by atoms with van der Waals surface area (Å²) in [7, 11) is 0. The van der Waals surface area contributed by atoms with Gasteiger partial charge in [-0.25, -0.2) is 4.79 Å². The van der Waals surface area contributed by atoms with Crippen molar-refractivity contribution in [1.29, 1.82) is 0 Å². The predicted molar refractivity (Wildman–Crippen MR) is 128 cm³/mol. The van der Waals surface area contributed by atoms with Crippen molar-refractivity contribution in [1.82, 2.24) is 4.90 Å². The number of aliphatic hydroxyl groups is 1. The summed E-state index contributed by atoms with van der Waals surface area (Å²) in [6, 6.07) is 9.67. The zero-order chi connectivity index (χ0) is 22.3. The molecular formula is C27H43NO3. The van der Waals surface area contributed by atoms with E-state index in [2.05, 4.69) is 6.92 Å². The Balaban J connectivity index is 1.54. The molecule has 1 N–H and O–H groups in total. The van der Waals surface area contributed by atoms with Crippen LogP contribution in [0, 0.1) is 0 Å². The number of amides is 1. The Kier molecular flexibility index (Phi) is 12.4. The molecule has 0 aliphatic carbocycles. The molecule has 0 fully saturated rings. The summed E-state index contributed by atoms with van der Waals surface area (Å²) in [5.74, 6) is 0. The summed E-state index contributed by atoms with van der Waals surface area (Å²) in [5, 5.41) is 10.6. The summed E-state index contributed by atoms with van der Waals surface area (Å²) < 4.78 is 5.46. The van der Waals surface area contributed by atoms with E-state index in [1.165, 1.54) is 64.2 Å². The van der Waals surface area contributed by atoms with Crippen LogP contribution in [0.4, 0.5) is 4.79 Å². The first kappa shape index (κ1) is 25.5. The second-order valence-corrected chi connectivity index (χ2v) is 8.99. The standard InChI is InChI=1S/C27H43NO3/c1-3-4-5-6-7-8-9-10-11-12-16-19-26(29)25-20-23(2)28(21-25)27(30)31-22-24-17-14-13-15-18-24/h13-15,17-18,20,23,26,29H,3-12,16,19,21-22H2,1-2H3/t23-,26+/m0/s1. The minimum absolute atomic E-state index is 0.0368. The molecule has 1 aromatic rings. The molecule has 0 spiro atoms. The quantitative estimate of drug-likeness (QED) is 0.241. The van der Waals surface area contributed by atoms with Crippen molar-refractivity contribution < 1.29 is 14.6 Å². The summed E-state index contributed by atoms with van der Waals surface area (Å²) >= 11 is 0. The van der Waals surface area contributed by atoms with Crippen LogP contribution in [-0.2, 0) is 11.3 Å². The topological polar surface area (TPSA) is 49.8 Å². The first-order chi connectivity index (χ1) is 15.1. The van der Waals surface area contributed by atoms with Gasteiger partial charge < -0.3 is 9.84 Å². The molecule has 1 aliphatic rings. The normalized spacial score (nSPS) is 16.9. The molecule has 174 valence electrons. The maximum Gasteiger partial charge on any atom is 0.410 e. The molecule has 4 heteroatoms. The Morgan fingerprint density at radius 2 is 1.58 bits per heavy atom. The minimum Gasteiger partial charge on any atom is -0.445 e. The van der Waals surface area contributed by atoms with Crippen LogP contribution in [0.1, 0.15) is 96.5 Å². The zero-order valence-electron chi connectivity index (χ0n) is 19.7. The van der Waals surface area contributed by atoms with Crippen molar-refractivity contribution in [3.05, 3.63) is 47.5 Å². The van der Waals surface area contributed by atoms with Gasteiger partial charge in [0.15, 0.2) is 0 Å². The fourth-order valence-electron chi connectivity index (χ4n) is 4.23. The van der Waals surface area contributed by atoms with E-state index in [4.69, 9.17) is 4.74 Å². The van der Waals surface area contributed by atoms with Crippen molar-refractivity contribution in [3.63, 3.8) is 0 Å². The fraction of sp³-hybridized carbons (Fsp3) is 0.667. The third-order valence-corrected chi connectivity index (χ3v) is 6.25. The Morgan fingerprint density at radius 3 is 2.19 bits per heavy atom. The molecule has 1 aliphatic heterocycles. The zero-order valence-corrected chi connectivity index (χ0v) is 19.7. The molecule has 0 saturated carbocycles.